The van der Waals surface area contributed by atoms with Crippen LogP contribution in [0.25, 0.3) is 0 Å². The maximum absolute atomic E-state index is 6.25. The molecule has 6 nitrogen and oxygen atoms in total. The van der Waals surface area contributed by atoms with E-state index in [1.54, 1.807) is 0 Å². The molecule has 2 saturated heterocycles. The fourth-order valence-corrected chi connectivity index (χ4v) is 7.03. The molecule has 2 heterocycles. The van der Waals surface area contributed by atoms with Gasteiger partial charge in [0.05, 0.1) is 25.4 Å². The molecule has 0 radical (unpaired) electrons. The number of rotatable bonds is 11. The summed E-state index contributed by atoms with van der Waals surface area (Å²) in [6.45, 7) is 12.9. The van der Waals surface area contributed by atoms with Gasteiger partial charge in [0, 0.05) is 51.4 Å². The molecule has 4 aliphatic rings. The van der Waals surface area contributed by atoms with Gasteiger partial charge >= 0.3 is 0 Å². The summed E-state index contributed by atoms with van der Waals surface area (Å²) in [6.07, 6.45) is 24.9. The molecule has 242 valence electrons. The third-order valence-electron chi connectivity index (χ3n) is 9.63. The molecule has 2 saturated carbocycles. The van der Waals surface area contributed by atoms with E-state index in [4.69, 9.17) is 15.2 Å². The molecule has 0 aromatic rings. The number of piperidine rings is 2. The number of hydrogen-bond donors (Lipinski definition) is 2. The Labute approximate surface area is 265 Å². The zero-order valence-corrected chi connectivity index (χ0v) is 28.2. The van der Waals surface area contributed by atoms with Gasteiger partial charge < -0.3 is 30.3 Å². The number of halogens is 2. The minimum Gasteiger partial charge on any atom is -0.374 e. The van der Waals surface area contributed by atoms with Crippen molar-refractivity contribution in [1.82, 2.24) is 15.1 Å². The first kappa shape index (κ1) is 38.8. The summed E-state index contributed by atoms with van der Waals surface area (Å²) in [5.74, 6) is 1.59. The van der Waals surface area contributed by atoms with Gasteiger partial charge in [-0.1, -0.05) is 50.0 Å². The Balaban J connectivity index is 0.000000391. The third-order valence-corrected chi connectivity index (χ3v) is 9.63. The summed E-state index contributed by atoms with van der Waals surface area (Å²) >= 11 is 0. The van der Waals surface area contributed by atoms with Gasteiger partial charge in [0.25, 0.3) is 0 Å². The predicted molar refractivity (Wildman–Crippen MR) is 180 cm³/mol. The average Bonchev–Trinajstić information content (AvgIpc) is 2.97. The van der Waals surface area contributed by atoms with Crippen LogP contribution in [0.2, 0.25) is 0 Å². The fraction of sp³-hybridized carbons (Fsp3) is 0.879. The van der Waals surface area contributed by atoms with Crippen LogP contribution in [0.3, 0.4) is 0 Å². The van der Waals surface area contributed by atoms with Crippen molar-refractivity contribution < 1.29 is 9.47 Å². The van der Waals surface area contributed by atoms with Crippen LogP contribution in [0.4, 0.5) is 0 Å². The second-order valence-corrected chi connectivity index (χ2v) is 12.5. The summed E-state index contributed by atoms with van der Waals surface area (Å²) in [5.41, 5.74) is 6.25. The number of hydrogen-bond acceptors (Lipinski definition) is 6. The Kier molecular flexibility index (Phi) is 22.0. The first-order chi connectivity index (χ1) is 19.1. The van der Waals surface area contributed by atoms with E-state index in [1.807, 2.05) is 13.8 Å². The summed E-state index contributed by atoms with van der Waals surface area (Å²) in [5, 5.41) is 3.53. The summed E-state index contributed by atoms with van der Waals surface area (Å²) in [4.78, 5) is 5.27. The third kappa shape index (κ3) is 14.9. The Hall–Kier alpha value is -0.180. The van der Waals surface area contributed by atoms with Crippen molar-refractivity contribution in [3.05, 3.63) is 24.3 Å². The molecule has 0 bridgehead atoms. The molecular formula is C33H64Cl2N4O2. The minimum absolute atomic E-state index is 0. The van der Waals surface area contributed by atoms with Gasteiger partial charge in [0.15, 0.2) is 0 Å². The highest BCUT2D eigenvalue weighted by Gasteiger charge is 2.28. The molecule has 0 aromatic heterocycles. The molecule has 0 amide bonds. The van der Waals surface area contributed by atoms with E-state index in [1.165, 1.54) is 116 Å². The Morgan fingerprint density at radius 1 is 0.659 bits per heavy atom. The summed E-state index contributed by atoms with van der Waals surface area (Å²) in [6, 6.07) is 1.19. The second kappa shape index (κ2) is 23.2. The van der Waals surface area contributed by atoms with Crippen LogP contribution in [0, 0.1) is 11.8 Å². The standard InChI is InChI=1S/C17H32N2O.C16H30N2O.2ClH/c1-3-4-13-20-16-9-11-19(12-10-16)14-15-7-5-6-8-17(15)18-2;1-2-3-12-19-15-8-10-18(11-9-15)13-14-6-4-5-7-16(14)17;;/h3-4,15-18H,5-14H2,1-2H3;2-3,14-16H,4-13,17H2,1H3;2*1H/b4-3+;3-2+;;/t15-,17+;14-,16+;;/m00../s1. The zero-order valence-electron chi connectivity index (χ0n) is 26.5. The van der Waals surface area contributed by atoms with Gasteiger partial charge in [-0.25, -0.2) is 0 Å². The largest absolute Gasteiger partial charge is 0.374 e. The molecule has 2 aliphatic carbocycles. The smallest absolute Gasteiger partial charge is 0.0651 e. The molecular weight excluding hydrogens is 555 g/mol. The van der Waals surface area contributed by atoms with Crippen LogP contribution >= 0.6 is 24.8 Å². The highest BCUT2D eigenvalue weighted by atomic mass is 35.5. The second-order valence-electron chi connectivity index (χ2n) is 12.5. The maximum Gasteiger partial charge on any atom is 0.0651 e. The molecule has 2 aliphatic heterocycles. The van der Waals surface area contributed by atoms with Gasteiger partial charge in [-0.3, -0.25) is 0 Å². The molecule has 0 aromatic carbocycles. The Morgan fingerprint density at radius 2 is 1.10 bits per heavy atom. The fourth-order valence-electron chi connectivity index (χ4n) is 7.03. The van der Waals surface area contributed by atoms with E-state index in [0.29, 0.717) is 18.2 Å². The van der Waals surface area contributed by atoms with Gasteiger partial charge in [0.2, 0.25) is 0 Å². The molecule has 4 rings (SSSR count). The topological polar surface area (TPSA) is 63.0 Å². The van der Waals surface area contributed by atoms with Gasteiger partial charge in [-0.05, 0) is 84.1 Å². The van der Waals surface area contributed by atoms with Crippen LogP contribution in [0.5, 0.6) is 0 Å². The van der Waals surface area contributed by atoms with E-state index in [0.717, 1.165) is 31.1 Å². The van der Waals surface area contributed by atoms with Crippen LogP contribution in [0.1, 0.15) is 90.9 Å². The number of nitrogens with one attached hydrogen (secondary N) is 1. The van der Waals surface area contributed by atoms with Crippen LogP contribution in [0.15, 0.2) is 24.3 Å². The first-order valence-corrected chi connectivity index (χ1v) is 16.5. The van der Waals surface area contributed by atoms with Crippen molar-refractivity contribution in [1.29, 1.82) is 0 Å². The summed E-state index contributed by atoms with van der Waals surface area (Å²) in [7, 11) is 2.13. The molecule has 41 heavy (non-hydrogen) atoms. The normalized spacial score (nSPS) is 29.1. The number of likely N-dealkylation sites (tertiary alicyclic amines) is 2. The van der Waals surface area contributed by atoms with Crippen molar-refractivity contribution in [2.24, 2.45) is 17.6 Å². The summed E-state index contributed by atoms with van der Waals surface area (Å²) < 4.78 is 11.7. The number of allylic oxidation sites excluding steroid dienone is 2. The van der Waals surface area contributed by atoms with Crippen molar-refractivity contribution in [2.45, 2.75) is 115 Å². The minimum atomic E-state index is 0. The van der Waals surface area contributed by atoms with Crippen molar-refractivity contribution in [3.8, 4) is 0 Å². The van der Waals surface area contributed by atoms with Gasteiger partial charge in [-0.15, -0.1) is 24.8 Å². The monoisotopic (exact) mass is 618 g/mol. The SMILES string of the molecule is C/C=C/COC1CCN(C[C@@H]2CCCC[C@H]2N)CC1.C/C=C/COC1CCN(C[C@@H]2CCCC[C@H]2NC)CC1.Cl.Cl. The molecule has 4 atom stereocenters. The highest BCUT2D eigenvalue weighted by Crippen LogP contribution is 2.27. The van der Waals surface area contributed by atoms with Crippen molar-refractivity contribution >= 4 is 24.8 Å². The molecule has 0 unspecified atom stereocenters. The van der Waals surface area contributed by atoms with Crippen LogP contribution < -0.4 is 11.1 Å². The maximum atomic E-state index is 6.25. The number of nitrogens with two attached hydrogens (primary N) is 1. The van der Waals surface area contributed by atoms with Crippen LogP contribution in [-0.4, -0.2) is 93.6 Å². The lowest BCUT2D eigenvalue weighted by Gasteiger charge is -2.38. The number of ether oxygens (including phenoxy) is 2. The van der Waals surface area contributed by atoms with E-state index < -0.39 is 0 Å². The Morgan fingerprint density at radius 3 is 1.56 bits per heavy atom. The van der Waals surface area contributed by atoms with E-state index in [-0.39, 0.29) is 24.8 Å². The molecule has 3 N–H and O–H groups in total. The van der Waals surface area contributed by atoms with Crippen molar-refractivity contribution in [3.63, 3.8) is 0 Å². The Bertz CT molecular complexity index is 682. The van der Waals surface area contributed by atoms with Crippen LogP contribution in [-0.2, 0) is 9.47 Å². The average molecular weight is 620 g/mol. The first-order valence-electron chi connectivity index (χ1n) is 16.5. The van der Waals surface area contributed by atoms with E-state index in [2.05, 4.69) is 46.5 Å². The van der Waals surface area contributed by atoms with E-state index >= 15 is 0 Å². The highest BCUT2D eigenvalue weighted by molar-refractivity contribution is 5.85. The quantitative estimate of drug-likeness (QED) is 0.268. The lowest BCUT2D eigenvalue weighted by molar-refractivity contribution is 0.0155. The van der Waals surface area contributed by atoms with Crippen molar-refractivity contribution in [2.75, 3.05) is 59.5 Å². The zero-order chi connectivity index (χ0) is 27.7. The molecule has 8 heteroatoms. The molecule has 4 fully saturated rings. The number of nitrogens with zero attached hydrogens (tertiary/aromatic N) is 2. The van der Waals surface area contributed by atoms with Gasteiger partial charge in [0.1, 0.15) is 0 Å². The molecule has 0 spiro atoms. The predicted octanol–water partition coefficient (Wildman–Crippen LogP) is 6.23. The van der Waals surface area contributed by atoms with E-state index in [9.17, 15) is 0 Å². The lowest BCUT2D eigenvalue weighted by atomic mass is 9.84. The lowest BCUT2D eigenvalue weighted by Crippen LogP contribution is -2.46. The van der Waals surface area contributed by atoms with Gasteiger partial charge in [-0.2, -0.15) is 0 Å².